The first-order valence-corrected chi connectivity index (χ1v) is 8.63. The van der Waals surface area contributed by atoms with Crippen LogP contribution in [0.15, 0.2) is 59.6 Å². The van der Waals surface area contributed by atoms with Gasteiger partial charge in [-0.1, -0.05) is 42.2 Å². The summed E-state index contributed by atoms with van der Waals surface area (Å²) < 4.78 is 0.413. The van der Waals surface area contributed by atoms with Crippen LogP contribution in [0, 0.1) is 0 Å². The number of rotatable bonds is 2. The van der Waals surface area contributed by atoms with Crippen LogP contribution < -0.4 is 4.90 Å². The number of thioether (sulfide) groups is 1. The Bertz CT molecular complexity index is 1050. The van der Waals surface area contributed by atoms with Crippen LogP contribution in [-0.2, 0) is 4.79 Å². The maximum Gasteiger partial charge on any atom is 0.270 e. The first-order chi connectivity index (χ1) is 12.1. The van der Waals surface area contributed by atoms with E-state index in [9.17, 15) is 9.90 Å². The fourth-order valence-electron chi connectivity index (χ4n) is 2.50. The Morgan fingerprint density at radius 2 is 1.92 bits per heavy atom. The lowest BCUT2D eigenvalue weighted by atomic mass is 10.2. The van der Waals surface area contributed by atoms with Crippen molar-refractivity contribution in [3.63, 3.8) is 0 Å². The molecule has 1 aromatic heterocycles. The minimum Gasteiger partial charge on any atom is -0.508 e. The van der Waals surface area contributed by atoms with Crippen molar-refractivity contribution < 1.29 is 9.90 Å². The van der Waals surface area contributed by atoms with Crippen LogP contribution in [0.1, 0.15) is 5.69 Å². The molecule has 7 heteroatoms. The Morgan fingerprint density at radius 1 is 1.12 bits per heavy atom. The molecule has 25 heavy (non-hydrogen) atoms. The smallest absolute Gasteiger partial charge is 0.270 e. The van der Waals surface area contributed by atoms with Gasteiger partial charge in [0, 0.05) is 6.07 Å². The van der Waals surface area contributed by atoms with Crippen molar-refractivity contribution in [1.29, 1.82) is 0 Å². The minimum atomic E-state index is -0.240. The highest BCUT2D eigenvalue weighted by molar-refractivity contribution is 8.27. The Balaban J connectivity index is 1.69. The van der Waals surface area contributed by atoms with Crippen molar-refractivity contribution in [3.8, 4) is 5.75 Å². The maximum atomic E-state index is 12.7. The normalized spacial score (nSPS) is 16.2. The number of fused-ring (bicyclic) bond motifs is 1. The summed E-state index contributed by atoms with van der Waals surface area (Å²) in [5.74, 6) is -0.161. The van der Waals surface area contributed by atoms with Gasteiger partial charge in [0.05, 0.1) is 33.5 Å². The summed E-state index contributed by atoms with van der Waals surface area (Å²) in [5, 5.41) is 9.63. The van der Waals surface area contributed by atoms with Crippen LogP contribution in [0.2, 0.25) is 0 Å². The van der Waals surface area contributed by atoms with Gasteiger partial charge >= 0.3 is 0 Å². The van der Waals surface area contributed by atoms with Gasteiger partial charge in [0.25, 0.3) is 5.91 Å². The second-order valence-corrected chi connectivity index (χ2v) is 7.00. The second-order valence-electron chi connectivity index (χ2n) is 5.32. The van der Waals surface area contributed by atoms with E-state index in [1.165, 1.54) is 22.7 Å². The molecule has 4 rings (SSSR count). The molecule has 1 amide bonds. The van der Waals surface area contributed by atoms with Gasteiger partial charge in [0.15, 0.2) is 4.32 Å². The lowest BCUT2D eigenvalue weighted by Crippen LogP contribution is -2.27. The number of phenolic OH excluding ortho intramolecular Hbond substituents is 1. The molecule has 0 unspecified atom stereocenters. The molecule has 3 aromatic rings. The molecule has 0 bridgehead atoms. The van der Waals surface area contributed by atoms with Gasteiger partial charge in [0.1, 0.15) is 5.75 Å². The number of hydrogen-bond donors (Lipinski definition) is 1. The number of hydrogen-bond acceptors (Lipinski definition) is 6. The second kappa shape index (κ2) is 6.27. The highest BCUT2D eigenvalue weighted by Gasteiger charge is 2.33. The standard InChI is InChI=1S/C18H11N3O2S2/c22-13-5-3-4-12(9-13)21-17(23)16(25-18(21)24)8-11-10-19-14-6-1-2-7-15(14)20-11/h1-10,22H/b16-8-. The SMILES string of the molecule is O=C1/C(=C/c2cnc3ccccc3n2)SC(=S)N1c1cccc(O)c1. The number of para-hydroxylation sites is 2. The Labute approximate surface area is 153 Å². The van der Waals surface area contributed by atoms with Crippen LogP contribution in [0.4, 0.5) is 5.69 Å². The molecule has 1 aliphatic heterocycles. The van der Waals surface area contributed by atoms with Gasteiger partial charge in [-0.25, -0.2) is 4.98 Å². The maximum absolute atomic E-state index is 12.7. The van der Waals surface area contributed by atoms with Crippen LogP contribution in [0.25, 0.3) is 17.1 Å². The van der Waals surface area contributed by atoms with Gasteiger partial charge in [-0.05, 0) is 30.3 Å². The fraction of sp³-hybridized carbons (Fsp3) is 0. The van der Waals surface area contributed by atoms with Gasteiger partial charge in [0.2, 0.25) is 0 Å². The van der Waals surface area contributed by atoms with Crippen LogP contribution in [0.3, 0.4) is 0 Å². The summed E-state index contributed by atoms with van der Waals surface area (Å²) in [5.41, 5.74) is 2.69. The first kappa shape index (κ1) is 15.7. The summed E-state index contributed by atoms with van der Waals surface area (Å²) >= 11 is 6.52. The average Bonchev–Trinajstić information content (AvgIpc) is 2.88. The average molecular weight is 365 g/mol. The first-order valence-electron chi connectivity index (χ1n) is 7.40. The quantitative estimate of drug-likeness (QED) is 0.551. The zero-order chi connectivity index (χ0) is 17.4. The number of aromatic hydroxyl groups is 1. The number of amides is 1. The zero-order valence-electron chi connectivity index (χ0n) is 12.8. The van der Waals surface area contributed by atoms with E-state index < -0.39 is 0 Å². The van der Waals surface area contributed by atoms with E-state index in [0.29, 0.717) is 20.6 Å². The molecule has 1 saturated heterocycles. The molecule has 0 saturated carbocycles. The van der Waals surface area contributed by atoms with Crippen LogP contribution in [0.5, 0.6) is 5.75 Å². The summed E-state index contributed by atoms with van der Waals surface area (Å²) in [6, 6.07) is 14.0. The summed E-state index contributed by atoms with van der Waals surface area (Å²) in [6.07, 6.45) is 3.31. The minimum absolute atomic E-state index is 0.0796. The number of aromatic nitrogens is 2. The lowest BCUT2D eigenvalue weighted by Gasteiger charge is -2.14. The number of nitrogens with zero attached hydrogens (tertiary/aromatic N) is 3. The molecule has 1 N–H and O–H groups in total. The van der Waals surface area contributed by atoms with Gasteiger partial charge in [-0.3, -0.25) is 14.7 Å². The highest BCUT2D eigenvalue weighted by Crippen LogP contribution is 2.36. The number of anilines is 1. The van der Waals surface area contributed by atoms with Crippen LogP contribution >= 0.6 is 24.0 Å². The fourth-order valence-corrected chi connectivity index (χ4v) is 3.78. The topological polar surface area (TPSA) is 66.3 Å². The monoisotopic (exact) mass is 365 g/mol. The summed E-state index contributed by atoms with van der Waals surface area (Å²) in [6.45, 7) is 0. The van der Waals surface area contributed by atoms with Crippen molar-refractivity contribution in [2.45, 2.75) is 0 Å². The lowest BCUT2D eigenvalue weighted by molar-refractivity contribution is -0.113. The molecule has 0 spiro atoms. The summed E-state index contributed by atoms with van der Waals surface area (Å²) in [4.78, 5) is 23.4. The van der Waals surface area contributed by atoms with E-state index in [1.54, 1.807) is 30.5 Å². The molecule has 0 aliphatic carbocycles. The van der Waals surface area contributed by atoms with E-state index in [1.807, 2.05) is 24.3 Å². The highest BCUT2D eigenvalue weighted by atomic mass is 32.2. The van der Waals surface area contributed by atoms with Crippen molar-refractivity contribution in [2.75, 3.05) is 4.90 Å². The Hall–Kier alpha value is -2.77. The number of carbonyl (C=O) groups excluding carboxylic acids is 1. The third-order valence-electron chi connectivity index (χ3n) is 3.63. The van der Waals surface area contributed by atoms with E-state index in [2.05, 4.69) is 9.97 Å². The van der Waals surface area contributed by atoms with Crippen molar-refractivity contribution in [3.05, 3.63) is 65.3 Å². The molecule has 2 heterocycles. The van der Waals surface area contributed by atoms with E-state index >= 15 is 0 Å². The largest absolute Gasteiger partial charge is 0.508 e. The predicted octanol–water partition coefficient (Wildman–Crippen LogP) is 3.74. The van der Waals surface area contributed by atoms with Crippen molar-refractivity contribution in [2.24, 2.45) is 0 Å². The third-order valence-corrected chi connectivity index (χ3v) is 4.93. The Morgan fingerprint density at radius 3 is 2.72 bits per heavy atom. The van der Waals surface area contributed by atoms with Crippen molar-refractivity contribution in [1.82, 2.24) is 9.97 Å². The van der Waals surface area contributed by atoms with Gasteiger partial charge in [-0.2, -0.15) is 0 Å². The molecular formula is C18H11N3O2S2. The van der Waals surface area contributed by atoms with Gasteiger partial charge < -0.3 is 5.11 Å². The molecule has 0 radical (unpaired) electrons. The third kappa shape index (κ3) is 2.99. The number of carbonyl (C=O) groups is 1. The van der Waals surface area contributed by atoms with Crippen LogP contribution in [-0.4, -0.2) is 25.3 Å². The zero-order valence-corrected chi connectivity index (χ0v) is 14.4. The number of phenols is 1. The Kier molecular flexibility index (Phi) is 3.95. The molecule has 5 nitrogen and oxygen atoms in total. The predicted molar refractivity (Wildman–Crippen MR) is 103 cm³/mol. The number of thiocarbonyl (C=S) groups is 1. The van der Waals surface area contributed by atoms with E-state index in [0.717, 1.165) is 11.0 Å². The molecule has 1 aliphatic rings. The van der Waals surface area contributed by atoms with Gasteiger partial charge in [-0.15, -0.1) is 0 Å². The van der Waals surface area contributed by atoms with E-state index in [4.69, 9.17) is 12.2 Å². The van der Waals surface area contributed by atoms with Crippen molar-refractivity contribution >= 4 is 57.0 Å². The molecule has 0 atom stereocenters. The molecular weight excluding hydrogens is 354 g/mol. The number of benzene rings is 2. The summed E-state index contributed by atoms with van der Waals surface area (Å²) in [7, 11) is 0. The molecule has 1 fully saturated rings. The molecule has 122 valence electrons. The molecule has 2 aromatic carbocycles. The van der Waals surface area contributed by atoms with E-state index in [-0.39, 0.29) is 11.7 Å².